The molecule has 5 rings (SSSR count). The fraction of sp³-hybridized carbons (Fsp3) is 0.917. The van der Waals surface area contributed by atoms with Crippen LogP contribution in [0.25, 0.3) is 0 Å². The summed E-state index contributed by atoms with van der Waals surface area (Å²) < 4.78 is 58.4. The van der Waals surface area contributed by atoms with Crippen molar-refractivity contribution >= 4 is 5.91 Å². The molecular weight excluding hydrogens is 478 g/mol. The first-order chi connectivity index (χ1) is 16.8. The average molecular weight is 515 g/mol. The molecule has 1 N–H and O–H groups in total. The zero-order chi connectivity index (χ0) is 25.9. The number of nitrogens with one attached hydrogen (secondary N) is 1. The summed E-state index contributed by atoms with van der Waals surface area (Å²) in [5.74, 6) is -5.99. The molecule has 0 saturated carbocycles. The van der Waals surface area contributed by atoms with Gasteiger partial charge < -0.3 is 33.9 Å². The molecule has 10 nitrogen and oxygen atoms in total. The highest BCUT2D eigenvalue weighted by Gasteiger charge is 2.65. The molecule has 36 heavy (non-hydrogen) atoms. The van der Waals surface area contributed by atoms with Crippen molar-refractivity contribution < 1.29 is 37.3 Å². The monoisotopic (exact) mass is 514 g/mol. The van der Waals surface area contributed by atoms with Gasteiger partial charge in [-0.15, -0.1) is 0 Å². The fourth-order valence-corrected chi connectivity index (χ4v) is 6.10. The van der Waals surface area contributed by atoms with Gasteiger partial charge in [0.15, 0.2) is 11.6 Å². The van der Waals surface area contributed by atoms with Crippen LogP contribution in [0.5, 0.6) is 0 Å². The summed E-state index contributed by atoms with van der Waals surface area (Å²) in [6.07, 6.45) is -0.00983. The third kappa shape index (κ3) is 5.12. The number of nitriles is 1. The van der Waals surface area contributed by atoms with Gasteiger partial charge in [0, 0.05) is 12.5 Å². The first kappa shape index (κ1) is 26.2. The minimum atomic E-state index is -3.01. The fourth-order valence-electron chi connectivity index (χ4n) is 6.10. The number of piperidine rings is 1. The minimum absolute atomic E-state index is 0.0601. The molecule has 202 valence electrons. The number of halogens is 2. The van der Waals surface area contributed by atoms with Crippen molar-refractivity contribution in [1.82, 2.24) is 15.1 Å². The number of alkyl halides is 2. The molecule has 5 atom stereocenters. The van der Waals surface area contributed by atoms with E-state index in [1.165, 1.54) is 0 Å². The lowest BCUT2D eigenvalue weighted by atomic mass is 9.95. The van der Waals surface area contributed by atoms with Crippen molar-refractivity contribution in [2.75, 3.05) is 39.3 Å². The average Bonchev–Trinajstić information content (AvgIpc) is 3.38. The van der Waals surface area contributed by atoms with Crippen LogP contribution >= 0.6 is 0 Å². The quantitative estimate of drug-likeness (QED) is 0.579. The Hall–Kier alpha value is -1.46. The Morgan fingerprint density at radius 2 is 1.83 bits per heavy atom. The summed E-state index contributed by atoms with van der Waals surface area (Å²) in [4.78, 5) is 15.7. The highest BCUT2D eigenvalue weighted by molar-refractivity contribution is 5.79. The van der Waals surface area contributed by atoms with Crippen molar-refractivity contribution in [2.45, 2.75) is 101 Å². The van der Waals surface area contributed by atoms with E-state index in [1.807, 2.05) is 33.8 Å². The van der Waals surface area contributed by atoms with Gasteiger partial charge in [-0.05, 0) is 53.6 Å². The highest BCUT2D eigenvalue weighted by Crippen LogP contribution is 2.48. The van der Waals surface area contributed by atoms with Crippen LogP contribution in [0.1, 0.15) is 47.0 Å². The van der Waals surface area contributed by atoms with E-state index in [-0.39, 0.29) is 24.8 Å². The Kier molecular flexibility index (Phi) is 6.60. The van der Waals surface area contributed by atoms with E-state index in [0.29, 0.717) is 13.2 Å². The van der Waals surface area contributed by atoms with Gasteiger partial charge >= 0.3 is 0 Å². The van der Waals surface area contributed by atoms with E-state index in [2.05, 4.69) is 10.2 Å². The molecule has 0 aromatic heterocycles. The zero-order valence-electron chi connectivity index (χ0n) is 21.3. The SMILES string of the molecule is CC1(C)O[C@@H]2[C@@H](CO[C@@]3(CN4CCC(NCC(=O)N5CC(F)(F)C[C@H]5C#N)CC4)OC(C)(C)O[C@@H]23)O1. The molecule has 0 radical (unpaired) electrons. The summed E-state index contributed by atoms with van der Waals surface area (Å²) >= 11 is 0. The third-order valence-corrected chi connectivity index (χ3v) is 7.59. The van der Waals surface area contributed by atoms with Gasteiger partial charge in [0.2, 0.25) is 11.7 Å². The molecule has 0 aliphatic carbocycles. The summed E-state index contributed by atoms with van der Waals surface area (Å²) in [5, 5.41) is 12.3. The number of likely N-dealkylation sites (tertiary alicyclic amines) is 2. The van der Waals surface area contributed by atoms with Gasteiger partial charge in [-0.1, -0.05) is 0 Å². The third-order valence-electron chi connectivity index (χ3n) is 7.59. The first-order valence-corrected chi connectivity index (χ1v) is 12.7. The van der Waals surface area contributed by atoms with Crippen molar-refractivity contribution in [2.24, 2.45) is 0 Å². The summed E-state index contributed by atoms with van der Waals surface area (Å²) in [5.41, 5.74) is 0. The van der Waals surface area contributed by atoms with Gasteiger partial charge in [-0.3, -0.25) is 9.69 Å². The smallest absolute Gasteiger partial charge is 0.268 e. The van der Waals surface area contributed by atoms with E-state index < -0.39 is 54.3 Å². The second-order valence-electron chi connectivity index (χ2n) is 11.5. The number of fused-ring (bicyclic) bond motifs is 3. The second-order valence-corrected chi connectivity index (χ2v) is 11.5. The minimum Gasteiger partial charge on any atom is -0.343 e. The van der Waals surface area contributed by atoms with Crippen molar-refractivity contribution in [3.8, 4) is 6.07 Å². The predicted octanol–water partition coefficient (Wildman–Crippen LogP) is 1.20. The normalized spacial score (nSPS) is 39.5. The van der Waals surface area contributed by atoms with Gasteiger partial charge in [0.1, 0.15) is 24.4 Å². The van der Waals surface area contributed by atoms with Crippen molar-refractivity contribution in [3.63, 3.8) is 0 Å². The van der Waals surface area contributed by atoms with Crippen molar-refractivity contribution in [1.29, 1.82) is 5.26 Å². The lowest BCUT2D eigenvalue weighted by molar-refractivity contribution is -0.287. The number of carbonyl (C=O) groups excluding carboxylic acids is 1. The van der Waals surface area contributed by atoms with Crippen LogP contribution in [0.15, 0.2) is 0 Å². The number of amides is 1. The molecule has 5 aliphatic rings. The molecule has 12 heteroatoms. The van der Waals surface area contributed by atoms with Crippen LogP contribution in [-0.2, 0) is 28.5 Å². The van der Waals surface area contributed by atoms with E-state index in [9.17, 15) is 13.6 Å². The lowest BCUT2D eigenvalue weighted by Crippen LogP contribution is -2.63. The van der Waals surface area contributed by atoms with E-state index in [1.54, 1.807) is 0 Å². The Morgan fingerprint density at radius 3 is 2.53 bits per heavy atom. The van der Waals surface area contributed by atoms with Crippen LogP contribution in [0.4, 0.5) is 8.78 Å². The molecule has 0 aromatic carbocycles. The largest absolute Gasteiger partial charge is 0.343 e. The van der Waals surface area contributed by atoms with E-state index in [4.69, 9.17) is 28.9 Å². The molecule has 5 fully saturated rings. The molecular formula is C24H36F2N4O6. The molecule has 0 spiro atoms. The lowest BCUT2D eigenvalue weighted by Gasteiger charge is -2.44. The molecule has 5 aliphatic heterocycles. The number of hydrogen-bond acceptors (Lipinski definition) is 9. The van der Waals surface area contributed by atoms with Gasteiger partial charge in [-0.25, -0.2) is 8.78 Å². The standard InChI is InChI=1S/C24H36F2N4O6/c1-21(2)33-17-12-32-24(20(19(17)34-21)35-22(3,4)36-24)14-29-7-5-15(6-8-29)28-11-18(31)30-13-23(25,26)9-16(30)10-27/h15-17,19-20,28H,5-9,11-14H2,1-4H3/t16-,17+,19+,20-,24-/m0/s1. The van der Waals surface area contributed by atoms with Crippen LogP contribution < -0.4 is 5.32 Å². The molecule has 5 saturated heterocycles. The second kappa shape index (κ2) is 9.08. The van der Waals surface area contributed by atoms with E-state index >= 15 is 0 Å². The number of nitrogens with zero attached hydrogens (tertiary/aromatic N) is 3. The molecule has 5 heterocycles. The highest BCUT2D eigenvalue weighted by atomic mass is 19.3. The summed E-state index contributed by atoms with van der Waals surface area (Å²) in [6.45, 7) is 9.09. The first-order valence-electron chi connectivity index (χ1n) is 12.7. The van der Waals surface area contributed by atoms with Crippen LogP contribution in [0.3, 0.4) is 0 Å². The van der Waals surface area contributed by atoms with Crippen LogP contribution in [-0.4, -0.2) is 109 Å². The zero-order valence-corrected chi connectivity index (χ0v) is 21.3. The van der Waals surface area contributed by atoms with Crippen molar-refractivity contribution in [3.05, 3.63) is 0 Å². The maximum absolute atomic E-state index is 13.7. The molecule has 0 unspecified atom stereocenters. The summed E-state index contributed by atoms with van der Waals surface area (Å²) in [7, 11) is 0. The Morgan fingerprint density at radius 1 is 1.11 bits per heavy atom. The number of carbonyl (C=O) groups is 1. The molecule has 1 amide bonds. The van der Waals surface area contributed by atoms with Gasteiger partial charge in [0.25, 0.3) is 5.92 Å². The Balaban J connectivity index is 1.14. The molecule has 0 bridgehead atoms. The predicted molar refractivity (Wildman–Crippen MR) is 121 cm³/mol. The topological polar surface area (TPSA) is 106 Å². The van der Waals surface area contributed by atoms with E-state index in [0.717, 1.165) is 30.8 Å². The maximum Gasteiger partial charge on any atom is 0.268 e. The summed E-state index contributed by atoms with van der Waals surface area (Å²) in [6, 6.07) is 0.814. The number of ether oxygens (including phenoxy) is 5. The maximum atomic E-state index is 13.7. The Bertz CT molecular complexity index is 906. The number of hydrogen-bond donors (Lipinski definition) is 1. The van der Waals surface area contributed by atoms with Crippen LogP contribution in [0.2, 0.25) is 0 Å². The molecule has 0 aromatic rings. The van der Waals surface area contributed by atoms with Gasteiger partial charge in [0.05, 0.1) is 32.3 Å². The van der Waals surface area contributed by atoms with Gasteiger partial charge in [-0.2, -0.15) is 5.26 Å². The Labute approximate surface area is 210 Å². The number of rotatable bonds is 5. The van der Waals surface area contributed by atoms with Crippen LogP contribution in [0, 0.1) is 11.3 Å².